The van der Waals surface area contributed by atoms with Crippen LogP contribution >= 0.6 is 0 Å². The molecule has 18 heavy (non-hydrogen) atoms. The molecule has 0 unspecified atom stereocenters. The first-order valence-electron chi connectivity index (χ1n) is 6.43. The number of hydrogen-bond acceptors (Lipinski definition) is 1. The van der Waals surface area contributed by atoms with E-state index >= 15 is 0 Å². The van der Waals surface area contributed by atoms with Crippen LogP contribution in [0.15, 0.2) is 18.2 Å². The van der Waals surface area contributed by atoms with Gasteiger partial charge in [-0.05, 0) is 30.0 Å². The van der Waals surface area contributed by atoms with Gasteiger partial charge in [-0.15, -0.1) is 0 Å². The Balaban J connectivity index is 2.14. The average molecular weight is 255 g/mol. The molecule has 1 fully saturated rings. The minimum atomic E-state index is -4.25. The molecular formula is C14H16F3N. The maximum absolute atomic E-state index is 13.0. The van der Waals surface area contributed by atoms with E-state index in [-0.39, 0.29) is 5.41 Å². The summed E-state index contributed by atoms with van der Waals surface area (Å²) in [7, 11) is 0. The molecule has 1 aliphatic heterocycles. The summed E-state index contributed by atoms with van der Waals surface area (Å²) in [6, 6.07) is 4.66. The molecule has 0 amide bonds. The van der Waals surface area contributed by atoms with Crippen LogP contribution in [-0.4, -0.2) is 6.54 Å². The van der Waals surface area contributed by atoms with Gasteiger partial charge in [0.05, 0.1) is 5.56 Å². The molecule has 1 heterocycles. The molecule has 0 bridgehead atoms. The summed E-state index contributed by atoms with van der Waals surface area (Å²) < 4.78 is 39.1. The number of nitrogens with one attached hydrogen (secondary N) is 1. The van der Waals surface area contributed by atoms with Gasteiger partial charge in [0.25, 0.3) is 0 Å². The van der Waals surface area contributed by atoms with Crippen molar-refractivity contribution >= 4 is 0 Å². The van der Waals surface area contributed by atoms with Crippen LogP contribution in [0, 0.1) is 0 Å². The zero-order valence-corrected chi connectivity index (χ0v) is 10.1. The van der Waals surface area contributed by atoms with Crippen LogP contribution in [0.3, 0.4) is 0 Å². The summed E-state index contributed by atoms with van der Waals surface area (Å²) in [5.74, 6) is 0. The molecule has 0 aromatic heterocycles. The van der Waals surface area contributed by atoms with Gasteiger partial charge >= 0.3 is 6.18 Å². The van der Waals surface area contributed by atoms with Crippen molar-refractivity contribution in [3.05, 3.63) is 34.9 Å². The van der Waals surface area contributed by atoms with E-state index in [0.717, 1.165) is 37.8 Å². The highest BCUT2D eigenvalue weighted by molar-refractivity contribution is 5.44. The Morgan fingerprint density at radius 3 is 2.50 bits per heavy atom. The predicted octanol–water partition coefficient (Wildman–Crippen LogP) is 3.62. The molecule has 0 radical (unpaired) electrons. The first-order valence-corrected chi connectivity index (χ1v) is 6.43. The molecule has 1 N–H and O–H groups in total. The third-order valence-corrected chi connectivity index (χ3v) is 4.38. The minimum absolute atomic E-state index is 0.0468. The monoisotopic (exact) mass is 255 g/mol. The fraction of sp³-hybridized carbons (Fsp3) is 0.571. The van der Waals surface area contributed by atoms with E-state index in [1.807, 2.05) is 6.07 Å². The molecule has 0 saturated heterocycles. The van der Waals surface area contributed by atoms with E-state index in [2.05, 4.69) is 5.32 Å². The molecular weight excluding hydrogens is 239 g/mol. The molecule has 1 spiro atoms. The van der Waals surface area contributed by atoms with E-state index in [0.29, 0.717) is 12.1 Å². The predicted molar refractivity (Wildman–Crippen MR) is 63.3 cm³/mol. The summed E-state index contributed by atoms with van der Waals surface area (Å²) in [6.45, 7) is 1.16. The second-order valence-electron chi connectivity index (χ2n) is 5.42. The molecule has 3 rings (SSSR count). The zero-order chi connectivity index (χ0) is 12.8. The van der Waals surface area contributed by atoms with Crippen LogP contribution in [0.2, 0.25) is 0 Å². The number of alkyl halides is 3. The van der Waals surface area contributed by atoms with Crippen molar-refractivity contribution in [3.8, 4) is 0 Å². The van der Waals surface area contributed by atoms with Crippen LogP contribution in [0.25, 0.3) is 0 Å². The van der Waals surface area contributed by atoms with Crippen molar-refractivity contribution in [1.29, 1.82) is 0 Å². The quantitative estimate of drug-likeness (QED) is 0.746. The average Bonchev–Trinajstić information content (AvgIpc) is 2.77. The van der Waals surface area contributed by atoms with E-state index in [1.165, 1.54) is 6.07 Å². The van der Waals surface area contributed by atoms with Crippen LogP contribution in [0.4, 0.5) is 13.2 Å². The third kappa shape index (κ3) is 1.74. The number of hydrogen-bond donors (Lipinski definition) is 1. The molecule has 1 aliphatic carbocycles. The topological polar surface area (TPSA) is 12.0 Å². The van der Waals surface area contributed by atoms with Crippen LogP contribution in [-0.2, 0) is 18.1 Å². The molecule has 98 valence electrons. The van der Waals surface area contributed by atoms with Crippen LogP contribution in [0.1, 0.15) is 42.4 Å². The highest BCUT2D eigenvalue weighted by Gasteiger charge is 2.42. The van der Waals surface area contributed by atoms with Crippen molar-refractivity contribution in [2.45, 2.75) is 43.8 Å². The van der Waals surface area contributed by atoms with Gasteiger partial charge in [-0.2, -0.15) is 13.2 Å². The summed E-state index contributed by atoms with van der Waals surface area (Å²) in [6.07, 6.45) is 0.0154. The van der Waals surface area contributed by atoms with Gasteiger partial charge in [-0.1, -0.05) is 25.0 Å². The van der Waals surface area contributed by atoms with E-state index in [9.17, 15) is 13.2 Å². The Hall–Kier alpha value is -1.03. The highest BCUT2D eigenvalue weighted by atomic mass is 19.4. The molecule has 0 atom stereocenters. The Morgan fingerprint density at radius 2 is 1.83 bits per heavy atom. The Kier molecular flexibility index (Phi) is 2.66. The largest absolute Gasteiger partial charge is 0.416 e. The molecule has 4 heteroatoms. The molecule has 1 nitrogen and oxygen atoms in total. The van der Waals surface area contributed by atoms with Crippen LogP contribution < -0.4 is 5.32 Å². The van der Waals surface area contributed by atoms with E-state index in [4.69, 9.17) is 0 Å². The third-order valence-electron chi connectivity index (χ3n) is 4.38. The van der Waals surface area contributed by atoms with E-state index in [1.54, 1.807) is 6.07 Å². The zero-order valence-electron chi connectivity index (χ0n) is 10.1. The fourth-order valence-corrected chi connectivity index (χ4v) is 3.56. The first kappa shape index (κ1) is 12.0. The lowest BCUT2D eigenvalue weighted by Gasteiger charge is -2.37. The fourth-order valence-electron chi connectivity index (χ4n) is 3.56. The van der Waals surface area contributed by atoms with Gasteiger partial charge in [0, 0.05) is 18.5 Å². The Labute approximate surface area is 104 Å². The van der Waals surface area contributed by atoms with Gasteiger partial charge in [0.1, 0.15) is 0 Å². The number of fused-ring (bicyclic) bond motifs is 2. The van der Waals surface area contributed by atoms with Crippen LogP contribution in [0.5, 0.6) is 0 Å². The summed E-state index contributed by atoms with van der Waals surface area (Å²) in [5, 5.41) is 3.19. The van der Waals surface area contributed by atoms with Gasteiger partial charge in [0.2, 0.25) is 0 Å². The summed E-state index contributed by atoms with van der Waals surface area (Å²) in [5.41, 5.74) is 0.902. The van der Waals surface area contributed by atoms with Gasteiger partial charge in [-0.3, -0.25) is 0 Å². The van der Waals surface area contributed by atoms with Gasteiger partial charge in [0.15, 0.2) is 0 Å². The lowest BCUT2D eigenvalue weighted by Crippen LogP contribution is -2.42. The number of benzene rings is 1. The second kappa shape index (κ2) is 3.98. The second-order valence-corrected chi connectivity index (χ2v) is 5.42. The van der Waals surface area contributed by atoms with Gasteiger partial charge in [-0.25, -0.2) is 0 Å². The SMILES string of the molecule is FC(F)(F)c1cccc2c1CNCC21CCCC1. The maximum Gasteiger partial charge on any atom is 0.416 e. The molecule has 2 aliphatic rings. The lowest BCUT2D eigenvalue weighted by atomic mass is 9.73. The summed E-state index contributed by atoms with van der Waals surface area (Å²) >= 11 is 0. The van der Waals surface area contributed by atoms with Crippen molar-refractivity contribution < 1.29 is 13.2 Å². The normalized spacial score (nSPS) is 22.2. The Bertz CT molecular complexity index is 459. The summed E-state index contributed by atoms with van der Waals surface area (Å²) in [4.78, 5) is 0. The van der Waals surface area contributed by atoms with Gasteiger partial charge < -0.3 is 5.32 Å². The lowest BCUT2D eigenvalue weighted by molar-refractivity contribution is -0.138. The smallest absolute Gasteiger partial charge is 0.312 e. The number of halogens is 3. The Morgan fingerprint density at radius 1 is 1.11 bits per heavy atom. The standard InChI is InChI=1S/C14H16F3N/c15-14(16,17)12-5-3-4-11-10(12)8-18-9-13(11)6-1-2-7-13/h3-5,18H,1-2,6-9H2. The van der Waals surface area contributed by atoms with Crippen molar-refractivity contribution in [1.82, 2.24) is 5.32 Å². The molecule has 1 saturated carbocycles. The number of rotatable bonds is 0. The maximum atomic E-state index is 13.0. The van der Waals surface area contributed by atoms with Crippen molar-refractivity contribution in [2.75, 3.05) is 6.54 Å². The van der Waals surface area contributed by atoms with E-state index < -0.39 is 11.7 Å². The molecule has 1 aromatic rings. The van der Waals surface area contributed by atoms with Crippen molar-refractivity contribution in [2.24, 2.45) is 0 Å². The minimum Gasteiger partial charge on any atom is -0.312 e. The molecule has 1 aromatic carbocycles. The first-order chi connectivity index (χ1) is 8.53. The highest BCUT2D eigenvalue weighted by Crippen LogP contribution is 2.46. The van der Waals surface area contributed by atoms with Crippen molar-refractivity contribution in [3.63, 3.8) is 0 Å².